The molecule has 2 heterocycles. The molecule has 1 aliphatic heterocycles. The summed E-state index contributed by atoms with van der Waals surface area (Å²) in [4.78, 5) is 16.5. The lowest BCUT2D eigenvalue weighted by Crippen LogP contribution is -2.62. The maximum Gasteiger partial charge on any atom is 0.416 e. The van der Waals surface area contributed by atoms with Crippen molar-refractivity contribution in [1.82, 2.24) is 15.6 Å². The van der Waals surface area contributed by atoms with Gasteiger partial charge in [0.25, 0.3) is 5.91 Å². The SMILES string of the molecule is Cc1oc(-c2cccc(C(F)(F)F)c2)nc1C(=O)NCC1(CO)COCCN1. The van der Waals surface area contributed by atoms with Crippen molar-refractivity contribution in [3.05, 3.63) is 41.3 Å². The fourth-order valence-electron chi connectivity index (χ4n) is 2.87. The van der Waals surface area contributed by atoms with Crippen LogP contribution < -0.4 is 10.6 Å². The first-order valence-electron chi connectivity index (χ1n) is 8.61. The largest absolute Gasteiger partial charge is 0.441 e. The molecule has 1 atom stereocenters. The number of morpholine rings is 1. The maximum absolute atomic E-state index is 12.9. The van der Waals surface area contributed by atoms with E-state index in [9.17, 15) is 23.1 Å². The summed E-state index contributed by atoms with van der Waals surface area (Å²) >= 11 is 0. The lowest BCUT2D eigenvalue weighted by Gasteiger charge is -2.36. The predicted octanol–water partition coefficient (Wildman–Crippen LogP) is 1.75. The number of carbonyl (C=O) groups is 1. The third-order valence-electron chi connectivity index (χ3n) is 4.46. The number of aryl methyl sites for hydroxylation is 1. The Hall–Kier alpha value is -2.43. The molecule has 10 heteroatoms. The summed E-state index contributed by atoms with van der Waals surface area (Å²) < 4.78 is 49.4. The number of hydrogen-bond acceptors (Lipinski definition) is 6. The first-order valence-corrected chi connectivity index (χ1v) is 8.61. The molecule has 3 N–H and O–H groups in total. The summed E-state index contributed by atoms with van der Waals surface area (Å²) in [6.45, 7) is 2.64. The predicted molar refractivity (Wildman–Crippen MR) is 92.6 cm³/mol. The second-order valence-corrected chi connectivity index (χ2v) is 6.60. The van der Waals surface area contributed by atoms with Crippen molar-refractivity contribution >= 4 is 5.91 Å². The molecule has 1 aromatic carbocycles. The van der Waals surface area contributed by atoms with Gasteiger partial charge in [-0.05, 0) is 25.1 Å². The minimum absolute atomic E-state index is 0.0303. The molecule has 0 spiro atoms. The first kappa shape index (κ1) is 20.3. The smallest absolute Gasteiger partial charge is 0.416 e. The molecule has 3 rings (SSSR count). The molecule has 0 bridgehead atoms. The van der Waals surface area contributed by atoms with E-state index in [1.165, 1.54) is 19.1 Å². The average molecular weight is 399 g/mol. The number of nitrogens with one attached hydrogen (secondary N) is 2. The van der Waals surface area contributed by atoms with Gasteiger partial charge in [-0.2, -0.15) is 13.2 Å². The third-order valence-corrected chi connectivity index (χ3v) is 4.46. The monoisotopic (exact) mass is 399 g/mol. The number of aromatic nitrogens is 1. The van der Waals surface area contributed by atoms with Crippen LogP contribution in [0.25, 0.3) is 11.5 Å². The number of hydrogen-bond donors (Lipinski definition) is 3. The third kappa shape index (κ3) is 4.34. The van der Waals surface area contributed by atoms with Crippen molar-refractivity contribution < 1.29 is 32.2 Å². The Morgan fingerprint density at radius 2 is 2.21 bits per heavy atom. The standard InChI is InChI=1S/C18H20F3N3O4/c1-11-14(15(26)22-8-17(9-25)10-27-6-5-23-17)24-16(28-11)12-3-2-4-13(7-12)18(19,20)21/h2-4,7,23,25H,5-6,8-10H2,1H3,(H,22,26). The average Bonchev–Trinajstić information content (AvgIpc) is 3.08. The van der Waals surface area contributed by atoms with Gasteiger partial charge < -0.3 is 24.9 Å². The number of halogens is 3. The summed E-state index contributed by atoms with van der Waals surface area (Å²) in [7, 11) is 0. The molecular formula is C18H20F3N3O4. The number of oxazole rings is 1. The highest BCUT2D eigenvalue weighted by molar-refractivity contribution is 5.93. The van der Waals surface area contributed by atoms with E-state index >= 15 is 0 Å². The van der Waals surface area contributed by atoms with Crippen LogP contribution in [0.2, 0.25) is 0 Å². The van der Waals surface area contributed by atoms with Crippen molar-refractivity contribution in [2.75, 3.05) is 32.9 Å². The molecule has 152 valence electrons. The number of alkyl halides is 3. The van der Waals surface area contributed by atoms with Crippen LogP contribution in [0.5, 0.6) is 0 Å². The highest BCUT2D eigenvalue weighted by Crippen LogP contribution is 2.32. The second kappa shape index (κ2) is 7.90. The van der Waals surface area contributed by atoms with Gasteiger partial charge >= 0.3 is 6.18 Å². The van der Waals surface area contributed by atoms with E-state index < -0.39 is 23.2 Å². The minimum Gasteiger partial charge on any atom is -0.441 e. The van der Waals surface area contributed by atoms with Gasteiger partial charge in [0.2, 0.25) is 5.89 Å². The molecular weight excluding hydrogens is 379 g/mol. The van der Waals surface area contributed by atoms with Gasteiger partial charge in [0.15, 0.2) is 5.69 Å². The first-order chi connectivity index (χ1) is 13.2. The zero-order chi connectivity index (χ0) is 20.4. The van der Waals surface area contributed by atoms with Gasteiger partial charge in [-0.25, -0.2) is 4.98 Å². The molecule has 1 aliphatic rings. The molecule has 7 nitrogen and oxygen atoms in total. The number of aliphatic hydroxyl groups excluding tert-OH is 1. The number of nitrogens with zero attached hydrogens (tertiary/aromatic N) is 1. The molecule has 1 unspecified atom stereocenters. The van der Waals surface area contributed by atoms with Crippen molar-refractivity contribution in [3.8, 4) is 11.5 Å². The molecule has 1 fully saturated rings. The van der Waals surface area contributed by atoms with Gasteiger partial charge in [-0.1, -0.05) is 6.07 Å². The van der Waals surface area contributed by atoms with Gasteiger partial charge in [-0.15, -0.1) is 0 Å². The number of aliphatic hydroxyl groups is 1. The van der Waals surface area contributed by atoms with E-state index in [2.05, 4.69) is 15.6 Å². The van der Waals surface area contributed by atoms with Crippen LogP contribution in [-0.2, 0) is 10.9 Å². The van der Waals surface area contributed by atoms with Gasteiger partial charge in [0.1, 0.15) is 5.76 Å². The summed E-state index contributed by atoms with van der Waals surface area (Å²) in [6.07, 6.45) is -4.49. The summed E-state index contributed by atoms with van der Waals surface area (Å²) in [5.41, 5.74) is -1.54. The molecule has 0 aliphatic carbocycles. The van der Waals surface area contributed by atoms with E-state index in [1.54, 1.807) is 0 Å². The van der Waals surface area contributed by atoms with Crippen molar-refractivity contribution in [2.45, 2.75) is 18.6 Å². The molecule has 28 heavy (non-hydrogen) atoms. The summed E-state index contributed by atoms with van der Waals surface area (Å²) in [6, 6.07) is 4.53. The normalized spacial score (nSPS) is 20.2. The van der Waals surface area contributed by atoms with Crippen molar-refractivity contribution in [2.24, 2.45) is 0 Å². The Morgan fingerprint density at radius 1 is 1.43 bits per heavy atom. The number of rotatable bonds is 5. The van der Waals surface area contributed by atoms with E-state index in [-0.39, 0.29) is 42.7 Å². The number of amides is 1. The van der Waals surface area contributed by atoms with Gasteiger partial charge in [0, 0.05) is 18.7 Å². The Morgan fingerprint density at radius 3 is 2.86 bits per heavy atom. The quantitative estimate of drug-likeness (QED) is 0.709. The summed E-state index contributed by atoms with van der Waals surface area (Å²) in [5.74, 6) is -0.458. The number of ether oxygens (including phenoxy) is 1. The van der Waals surface area contributed by atoms with E-state index in [4.69, 9.17) is 9.15 Å². The van der Waals surface area contributed by atoms with E-state index in [0.29, 0.717) is 13.2 Å². The molecule has 2 aromatic rings. The Labute approximate surface area is 158 Å². The van der Waals surface area contributed by atoms with Crippen LogP contribution in [0.4, 0.5) is 13.2 Å². The lowest BCUT2D eigenvalue weighted by atomic mass is 10.0. The van der Waals surface area contributed by atoms with Crippen molar-refractivity contribution in [3.63, 3.8) is 0 Å². The lowest BCUT2D eigenvalue weighted by molar-refractivity contribution is -0.137. The van der Waals surface area contributed by atoms with Crippen LogP contribution >= 0.6 is 0 Å². The van der Waals surface area contributed by atoms with E-state index in [0.717, 1.165) is 12.1 Å². The Balaban J connectivity index is 1.76. The van der Waals surface area contributed by atoms with Crippen molar-refractivity contribution in [1.29, 1.82) is 0 Å². The summed E-state index contributed by atoms with van der Waals surface area (Å²) in [5, 5.41) is 15.4. The van der Waals surface area contributed by atoms with Crippen LogP contribution in [0.3, 0.4) is 0 Å². The molecule has 1 amide bonds. The second-order valence-electron chi connectivity index (χ2n) is 6.60. The molecule has 0 saturated carbocycles. The zero-order valence-electron chi connectivity index (χ0n) is 15.1. The highest BCUT2D eigenvalue weighted by atomic mass is 19.4. The van der Waals surface area contributed by atoms with Crippen LogP contribution in [0.15, 0.2) is 28.7 Å². The van der Waals surface area contributed by atoms with Gasteiger partial charge in [0.05, 0.1) is 30.9 Å². The van der Waals surface area contributed by atoms with Crippen LogP contribution in [0, 0.1) is 6.92 Å². The van der Waals surface area contributed by atoms with Crippen LogP contribution in [0.1, 0.15) is 21.8 Å². The van der Waals surface area contributed by atoms with E-state index in [1.807, 2.05) is 0 Å². The molecule has 0 radical (unpaired) electrons. The Bertz CT molecular complexity index is 845. The Kier molecular flexibility index (Phi) is 5.73. The molecule has 1 aromatic heterocycles. The maximum atomic E-state index is 12.9. The zero-order valence-corrected chi connectivity index (χ0v) is 15.1. The fourth-order valence-corrected chi connectivity index (χ4v) is 2.87. The van der Waals surface area contributed by atoms with Crippen LogP contribution in [-0.4, -0.2) is 54.4 Å². The molecule has 1 saturated heterocycles. The minimum atomic E-state index is -4.49. The highest BCUT2D eigenvalue weighted by Gasteiger charge is 2.33. The topological polar surface area (TPSA) is 96.6 Å². The number of carbonyl (C=O) groups excluding carboxylic acids is 1. The number of benzene rings is 1. The fraction of sp³-hybridized carbons (Fsp3) is 0.444. The van der Waals surface area contributed by atoms with Gasteiger partial charge in [-0.3, -0.25) is 4.79 Å².